The van der Waals surface area contributed by atoms with Crippen LogP contribution in [-0.2, 0) is 11.3 Å². The summed E-state index contributed by atoms with van der Waals surface area (Å²) in [5.74, 6) is -0.587. The number of aryl methyl sites for hydroxylation is 1. The number of allylic oxidation sites excluding steroid dienone is 1. The van der Waals surface area contributed by atoms with Gasteiger partial charge in [-0.05, 0) is 38.1 Å². The number of aromatic nitrogens is 2. The molecule has 1 atom stereocenters. The van der Waals surface area contributed by atoms with Crippen LogP contribution in [0.3, 0.4) is 0 Å². The second kappa shape index (κ2) is 6.57. The number of carboxylic acids is 1. The molecule has 0 saturated heterocycles. The van der Waals surface area contributed by atoms with Crippen molar-refractivity contribution in [2.24, 2.45) is 5.10 Å². The molecular formula is C17H18N4O3. The molecule has 2 heterocycles. The number of ether oxygens (including phenoxy) is 1. The molecule has 1 aromatic carbocycles. The average Bonchev–Trinajstić information content (AvgIpc) is 2.88. The number of carboxylic acid groups (broad SMARTS) is 1. The van der Waals surface area contributed by atoms with Crippen LogP contribution in [0.25, 0.3) is 0 Å². The third kappa shape index (κ3) is 3.45. The fraction of sp³-hybridized carbons (Fsp3) is 0.235. The van der Waals surface area contributed by atoms with Crippen LogP contribution in [0.15, 0.2) is 53.7 Å². The van der Waals surface area contributed by atoms with Crippen molar-refractivity contribution in [1.82, 2.24) is 9.78 Å². The fourth-order valence-electron chi connectivity index (χ4n) is 2.42. The van der Waals surface area contributed by atoms with Crippen LogP contribution in [0.1, 0.15) is 12.6 Å². The van der Waals surface area contributed by atoms with Crippen LogP contribution in [0.5, 0.6) is 5.88 Å². The van der Waals surface area contributed by atoms with Crippen molar-refractivity contribution < 1.29 is 14.6 Å². The van der Waals surface area contributed by atoms with E-state index in [2.05, 4.69) is 10.2 Å². The monoisotopic (exact) mass is 326 g/mol. The number of hydrogen-bond donors (Lipinski definition) is 1. The van der Waals surface area contributed by atoms with Crippen molar-refractivity contribution in [3.8, 4) is 5.88 Å². The minimum Gasteiger partial charge on any atom is -0.480 e. The summed E-state index contributed by atoms with van der Waals surface area (Å²) in [5, 5.41) is 19.4. The summed E-state index contributed by atoms with van der Waals surface area (Å²) in [6.07, 6.45) is 3.26. The third-order valence-electron chi connectivity index (χ3n) is 3.42. The Hall–Kier alpha value is -3.09. The number of aliphatic carboxylic acids is 1. The normalized spacial score (nSPS) is 16.8. The van der Waals surface area contributed by atoms with Gasteiger partial charge in [0.15, 0.2) is 0 Å². The standard InChI is InChI=1S/C17H18N4O3/c1-12-8-9-15(21(19-12)14-6-4-3-5-7-14)24-16-10-13(2)18-20(16)11-17(22)23/h3-10,15H,11H2,1-2H3,(H,22,23). The maximum atomic E-state index is 11.0. The van der Waals surface area contributed by atoms with E-state index in [1.165, 1.54) is 4.68 Å². The smallest absolute Gasteiger partial charge is 0.325 e. The van der Waals surface area contributed by atoms with Gasteiger partial charge in [0.2, 0.25) is 12.1 Å². The summed E-state index contributed by atoms with van der Waals surface area (Å²) >= 11 is 0. The van der Waals surface area contributed by atoms with Gasteiger partial charge in [-0.2, -0.15) is 10.2 Å². The minimum absolute atomic E-state index is 0.257. The number of rotatable bonds is 5. The highest BCUT2D eigenvalue weighted by molar-refractivity contribution is 5.94. The minimum atomic E-state index is -0.976. The van der Waals surface area contributed by atoms with E-state index in [0.717, 1.165) is 11.4 Å². The van der Waals surface area contributed by atoms with Gasteiger partial charge in [0, 0.05) is 6.07 Å². The van der Waals surface area contributed by atoms with Gasteiger partial charge in [0.05, 0.1) is 17.1 Å². The van der Waals surface area contributed by atoms with Crippen molar-refractivity contribution in [2.75, 3.05) is 5.01 Å². The van der Waals surface area contributed by atoms with Gasteiger partial charge in [-0.15, -0.1) is 0 Å². The van der Waals surface area contributed by atoms with Gasteiger partial charge in [0.1, 0.15) is 6.54 Å². The van der Waals surface area contributed by atoms with E-state index < -0.39 is 12.2 Å². The number of hydrazone groups is 1. The summed E-state index contributed by atoms with van der Waals surface area (Å²) in [5.41, 5.74) is 2.43. The molecule has 24 heavy (non-hydrogen) atoms. The molecule has 7 heteroatoms. The first-order valence-corrected chi connectivity index (χ1v) is 7.53. The molecule has 1 aromatic heterocycles. The maximum Gasteiger partial charge on any atom is 0.325 e. The summed E-state index contributed by atoms with van der Waals surface area (Å²) in [7, 11) is 0. The molecular weight excluding hydrogens is 308 g/mol. The van der Waals surface area contributed by atoms with Gasteiger partial charge >= 0.3 is 5.97 Å². The molecule has 0 spiro atoms. The Bertz CT molecular complexity index is 795. The zero-order valence-electron chi connectivity index (χ0n) is 13.5. The van der Waals surface area contributed by atoms with E-state index in [0.29, 0.717) is 11.6 Å². The van der Waals surface area contributed by atoms with E-state index >= 15 is 0 Å². The highest BCUT2D eigenvalue weighted by Gasteiger charge is 2.23. The number of para-hydroxylation sites is 1. The number of anilines is 1. The molecule has 124 valence electrons. The van der Waals surface area contributed by atoms with Crippen LogP contribution >= 0.6 is 0 Å². The SMILES string of the molecule is CC1=NN(c2ccccc2)C(Oc2cc(C)nn2CC(=O)O)C=C1. The first-order valence-electron chi connectivity index (χ1n) is 7.53. The third-order valence-corrected chi connectivity index (χ3v) is 3.42. The molecule has 0 saturated carbocycles. The van der Waals surface area contributed by atoms with Gasteiger partial charge in [-0.25, -0.2) is 9.69 Å². The molecule has 0 amide bonds. The summed E-state index contributed by atoms with van der Waals surface area (Å²) in [6.45, 7) is 3.44. The molecule has 2 aromatic rings. The van der Waals surface area contributed by atoms with Crippen molar-refractivity contribution in [3.05, 3.63) is 54.2 Å². The van der Waals surface area contributed by atoms with Gasteiger partial charge in [0.25, 0.3) is 0 Å². The zero-order chi connectivity index (χ0) is 17.1. The molecule has 1 aliphatic heterocycles. The van der Waals surface area contributed by atoms with Crippen LogP contribution in [-0.4, -0.2) is 32.8 Å². The van der Waals surface area contributed by atoms with Crippen LogP contribution in [0.2, 0.25) is 0 Å². The number of benzene rings is 1. The van der Waals surface area contributed by atoms with Gasteiger partial charge in [-0.3, -0.25) is 4.79 Å². The zero-order valence-corrected chi connectivity index (χ0v) is 13.5. The average molecular weight is 326 g/mol. The second-order valence-corrected chi connectivity index (χ2v) is 5.46. The van der Waals surface area contributed by atoms with Gasteiger partial charge in [-0.1, -0.05) is 18.2 Å². The van der Waals surface area contributed by atoms with Crippen molar-refractivity contribution in [3.63, 3.8) is 0 Å². The Labute approximate surface area is 139 Å². The summed E-state index contributed by atoms with van der Waals surface area (Å²) < 4.78 is 7.33. The Morgan fingerprint density at radius 2 is 2.04 bits per heavy atom. The molecule has 0 fully saturated rings. The van der Waals surface area contributed by atoms with Crippen LogP contribution in [0, 0.1) is 6.92 Å². The molecule has 0 aliphatic carbocycles. The maximum absolute atomic E-state index is 11.0. The van der Waals surface area contributed by atoms with E-state index in [-0.39, 0.29) is 6.54 Å². The molecule has 0 radical (unpaired) electrons. The summed E-state index contributed by atoms with van der Waals surface area (Å²) in [4.78, 5) is 11.0. The number of carbonyl (C=O) groups is 1. The van der Waals surface area contributed by atoms with E-state index in [9.17, 15) is 4.79 Å². The number of hydrogen-bond acceptors (Lipinski definition) is 5. The molecule has 1 aliphatic rings. The Morgan fingerprint density at radius 3 is 2.75 bits per heavy atom. The lowest BCUT2D eigenvalue weighted by atomic mass is 10.2. The summed E-state index contributed by atoms with van der Waals surface area (Å²) in [6, 6.07) is 11.4. The van der Waals surface area contributed by atoms with Crippen molar-refractivity contribution >= 4 is 17.4 Å². The highest BCUT2D eigenvalue weighted by Crippen LogP contribution is 2.24. The van der Waals surface area contributed by atoms with E-state index in [4.69, 9.17) is 9.84 Å². The lowest BCUT2D eigenvalue weighted by molar-refractivity contribution is -0.138. The highest BCUT2D eigenvalue weighted by atomic mass is 16.5. The molecule has 3 rings (SSSR count). The van der Waals surface area contributed by atoms with E-state index in [1.807, 2.05) is 49.4 Å². The first kappa shape index (κ1) is 15.8. The van der Waals surface area contributed by atoms with Crippen LogP contribution in [0.4, 0.5) is 5.69 Å². The quantitative estimate of drug-likeness (QED) is 0.913. The second-order valence-electron chi connectivity index (χ2n) is 5.46. The largest absolute Gasteiger partial charge is 0.480 e. The lowest BCUT2D eigenvalue weighted by Gasteiger charge is -2.30. The molecule has 1 N–H and O–H groups in total. The Kier molecular flexibility index (Phi) is 4.33. The van der Waals surface area contributed by atoms with E-state index in [1.54, 1.807) is 18.0 Å². The fourth-order valence-corrected chi connectivity index (χ4v) is 2.42. The lowest BCUT2D eigenvalue weighted by Crippen LogP contribution is -2.37. The molecule has 0 bridgehead atoms. The molecule has 1 unspecified atom stereocenters. The van der Waals surface area contributed by atoms with Gasteiger partial charge < -0.3 is 9.84 Å². The van der Waals surface area contributed by atoms with Crippen LogP contribution < -0.4 is 9.75 Å². The Morgan fingerprint density at radius 1 is 1.29 bits per heavy atom. The first-order chi connectivity index (χ1) is 11.5. The topological polar surface area (TPSA) is 80.0 Å². The Balaban J connectivity index is 1.88. The molecule has 7 nitrogen and oxygen atoms in total. The van der Waals surface area contributed by atoms with Crippen molar-refractivity contribution in [2.45, 2.75) is 26.6 Å². The predicted octanol–water partition coefficient (Wildman–Crippen LogP) is 2.43. The van der Waals surface area contributed by atoms with Crippen molar-refractivity contribution in [1.29, 1.82) is 0 Å². The number of nitrogens with zero attached hydrogens (tertiary/aromatic N) is 4. The predicted molar refractivity (Wildman–Crippen MR) is 90.2 cm³/mol.